The van der Waals surface area contributed by atoms with Crippen LogP contribution in [-0.4, -0.2) is 72.9 Å². The summed E-state index contributed by atoms with van der Waals surface area (Å²) in [6.07, 6.45) is 0. The molecule has 2 heterocycles. The number of hydrogen-bond acceptors (Lipinski definition) is 7. The topological polar surface area (TPSA) is 121 Å². The second-order valence-corrected chi connectivity index (χ2v) is 11.6. The molecule has 0 saturated heterocycles. The number of nitrogens with zero attached hydrogens (tertiary/aromatic N) is 5. The summed E-state index contributed by atoms with van der Waals surface area (Å²) >= 11 is 12.0. The fourth-order valence-electron chi connectivity index (χ4n) is 3.99. The molecule has 0 amide bonds. The van der Waals surface area contributed by atoms with Gasteiger partial charge in [0.05, 0.1) is 16.1 Å². The molecule has 13 heteroatoms. The predicted octanol–water partition coefficient (Wildman–Crippen LogP) is 4.29. The number of hydrogen-bond donors (Lipinski definition) is 2. The number of carboxylic acids is 1. The Morgan fingerprint density at radius 2 is 1.74 bits per heavy atom. The Morgan fingerprint density at radius 1 is 1.03 bits per heavy atom. The lowest BCUT2D eigenvalue weighted by molar-refractivity contribution is -0.135. The molecule has 4 aromatic rings. The monoisotopic (exact) mass is 576 g/mol. The normalized spacial score (nSPS) is 11.7. The molecule has 0 atom stereocenters. The molecule has 0 aliphatic carbocycles. The van der Waals surface area contributed by atoms with E-state index in [-0.39, 0.29) is 20.6 Å². The van der Waals surface area contributed by atoms with Gasteiger partial charge in [-0.25, -0.2) is 8.42 Å². The maximum absolute atomic E-state index is 13.5. The molecule has 0 saturated carbocycles. The van der Waals surface area contributed by atoms with Crippen molar-refractivity contribution in [2.24, 2.45) is 0 Å². The number of anilines is 2. The predicted molar refractivity (Wildman–Crippen MR) is 149 cm³/mol. The average molecular weight is 577 g/mol. The van der Waals surface area contributed by atoms with Crippen molar-refractivity contribution in [1.29, 1.82) is 0 Å². The molecule has 0 radical (unpaired) electrons. The van der Waals surface area contributed by atoms with Crippen molar-refractivity contribution in [2.45, 2.75) is 11.8 Å². The van der Waals surface area contributed by atoms with Gasteiger partial charge in [0.1, 0.15) is 12.4 Å². The van der Waals surface area contributed by atoms with Gasteiger partial charge in [0, 0.05) is 34.2 Å². The maximum Gasteiger partial charge on any atom is 0.324 e. The molecule has 0 aliphatic rings. The van der Waals surface area contributed by atoms with Crippen LogP contribution >= 0.6 is 23.2 Å². The van der Waals surface area contributed by atoms with E-state index in [1.54, 1.807) is 18.2 Å². The number of halogens is 2. The second kappa shape index (κ2) is 11.2. The molecular formula is C25H26Cl2N6O4S. The highest BCUT2D eigenvalue weighted by Crippen LogP contribution is 2.32. The van der Waals surface area contributed by atoms with Crippen molar-refractivity contribution < 1.29 is 18.3 Å². The van der Waals surface area contributed by atoms with Gasteiger partial charge in [-0.1, -0.05) is 23.2 Å². The summed E-state index contributed by atoms with van der Waals surface area (Å²) in [5, 5.41) is 22.3. The molecule has 2 aromatic carbocycles. The highest BCUT2D eigenvalue weighted by atomic mass is 35.5. The maximum atomic E-state index is 13.5. The molecule has 4 rings (SSSR count). The Hall–Kier alpha value is -3.38. The van der Waals surface area contributed by atoms with E-state index in [4.69, 9.17) is 23.2 Å². The number of likely N-dealkylation sites (N-methyl/N-ethyl adjacent to an activating group) is 1. The van der Waals surface area contributed by atoms with Gasteiger partial charge >= 0.3 is 5.97 Å². The number of aromatic nitrogens is 3. The molecule has 38 heavy (non-hydrogen) atoms. The van der Waals surface area contributed by atoms with Crippen molar-refractivity contribution in [1.82, 2.24) is 19.7 Å². The highest BCUT2D eigenvalue weighted by Gasteiger charge is 2.28. The molecular weight excluding hydrogens is 551 g/mol. The fraction of sp³-hybridized carbons (Fsp3) is 0.240. The molecule has 2 aromatic heterocycles. The fourth-order valence-corrected chi connectivity index (χ4v) is 6.12. The summed E-state index contributed by atoms with van der Waals surface area (Å²) in [5.41, 5.74) is 1.78. The largest absolute Gasteiger partial charge is 0.480 e. The first-order valence-electron chi connectivity index (χ1n) is 11.5. The third kappa shape index (κ3) is 6.02. The van der Waals surface area contributed by atoms with Gasteiger partial charge in [-0.05, 0) is 75.6 Å². The van der Waals surface area contributed by atoms with Crippen molar-refractivity contribution in [3.05, 3.63) is 70.3 Å². The zero-order valence-corrected chi connectivity index (χ0v) is 23.2. The van der Waals surface area contributed by atoms with Gasteiger partial charge in [-0.15, -0.1) is 10.2 Å². The summed E-state index contributed by atoms with van der Waals surface area (Å²) in [7, 11) is -0.310. The van der Waals surface area contributed by atoms with E-state index in [1.807, 2.05) is 43.8 Å². The molecule has 2 N–H and O–H groups in total. The summed E-state index contributed by atoms with van der Waals surface area (Å²) in [6.45, 7) is 2.69. The van der Waals surface area contributed by atoms with Crippen LogP contribution in [0, 0.1) is 6.92 Å². The van der Waals surface area contributed by atoms with Crippen molar-refractivity contribution >= 4 is 61.6 Å². The van der Waals surface area contributed by atoms with Crippen molar-refractivity contribution in [3.8, 4) is 5.82 Å². The van der Waals surface area contributed by atoms with Crippen LogP contribution in [0.25, 0.3) is 16.7 Å². The van der Waals surface area contributed by atoms with E-state index in [2.05, 4.69) is 20.4 Å². The molecule has 0 fully saturated rings. The Balaban J connectivity index is 1.70. The van der Waals surface area contributed by atoms with Crippen LogP contribution in [0.15, 0.2) is 59.5 Å². The van der Waals surface area contributed by atoms with E-state index in [1.165, 1.54) is 18.2 Å². The summed E-state index contributed by atoms with van der Waals surface area (Å²) in [5.74, 6) is -0.0697. The van der Waals surface area contributed by atoms with Gasteiger partial charge in [-0.3, -0.25) is 13.7 Å². The van der Waals surface area contributed by atoms with Crippen LogP contribution in [0.4, 0.5) is 11.5 Å². The minimum absolute atomic E-state index is 0.120. The molecule has 200 valence electrons. The van der Waals surface area contributed by atoms with Crippen LogP contribution < -0.4 is 9.62 Å². The molecule has 0 spiro atoms. The standard InChI is InChI=1S/C25H26Cl2N6O4S/c1-16-10-17-11-20(32(15-25(34)35)38(36,37)21-13-18(26)12-19(27)14-21)4-5-22(17)33(16)24-7-6-23(29-30-24)28-8-9-31(2)3/h4-7,10-14H,8-9,15H2,1-3H3,(H,28,29)(H,34,35). The summed E-state index contributed by atoms with van der Waals surface area (Å²) in [4.78, 5) is 13.5. The number of carbonyl (C=O) groups is 1. The summed E-state index contributed by atoms with van der Waals surface area (Å²) in [6, 6.07) is 14.3. The van der Waals surface area contributed by atoms with Crippen LogP contribution in [0.3, 0.4) is 0 Å². The number of fused-ring (bicyclic) bond motifs is 1. The molecule has 0 unspecified atom stereocenters. The Morgan fingerprint density at radius 3 is 2.34 bits per heavy atom. The lowest BCUT2D eigenvalue weighted by atomic mass is 10.2. The van der Waals surface area contributed by atoms with Crippen molar-refractivity contribution in [3.63, 3.8) is 0 Å². The molecule has 0 aliphatic heterocycles. The van der Waals surface area contributed by atoms with Crippen LogP contribution in [0.1, 0.15) is 5.69 Å². The first kappa shape index (κ1) is 27.6. The van der Waals surface area contributed by atoms with E-state index in [9.17, 15) is 18.3 Å². The smallest absolute Gasteiger partial charge is 0.324 e. The van der Waals surface area contributed by atoms with Crippen LogP contribution in [-0.2, 0) is 14.8 Å². The number of rotatable bonds is 10. The first-order chi connectivity index (χ1) is 18.0. The SMILES string of the molecule is Cc1cc2cc(N(CC(=O)O)S(=O)(=O)c3cc(Cl)cc(Cl)c3)ccc2n1-c1ccc(NCCN(C)C)nn1. The minimum Gasteiger partial charge on any atom is -0.480 e. The van der Waals surface area contributed by atoms with Crippen LogP contribution in [0.2, 0.25) is 10.0 Å². The average Bonchev–Trinajstić information content (AvgIpc) is 3.16. The van der Waals surface area contributed by atoms with Gasteiger partial charge in [-0.2, -0.15) is 0 Å². The Bertz CT molecular complexity index is 1570. The van der Waals surface area contributed by atoms with Crippen molar-refractivity contribution in [2.75, 3.05) is 43.4 Å². The van der Waals surface area contributed by atoms with Gasteiger partial charge in [0.15, 0.2) is 5.82 Å². The third-order valence-corrected chi connectivity index (χ3v) is 7.89. The zero-order chi connectivity index (χ0) is 27.6. The van der Waals surface area contributed by atoms with E-state index >= 15 is 0 Å². The third-order valence-electron chi connectivity index (χ3n) is 5.70. The lowest BCUT2D eigenvalue weighted by Gasteiger charge is -2.23. The first-order valence-corrected chi connectivity index (χ1v) is 13.7. The van der Waals surface area contributed by atoms with E-state index in [0.29, 0.717) is 17.0 Å². The highest BCUT2D eigenvalue weighted by molar-refractivity contribution is 7.92. The summed E-state index contributed by atoms with van der Waals surface area (Å²) < 4.78 is 29.6. The number of aliphatic carboxylic acids is 1. The minimum atomic E-state index is -4.29. The quantitative estimate of drug-likeness (QED) is 0.287. The lowest BCUT2D eigenvalue weighted by Crippen LogP contribution is -2.35. The second-order valence-electron chi connectivity index (χ2n) is 8.88. The van der Waals surface area contributed by atoms with Gasteiger partial charge in [0.2, 0.25) is 0 Å². The Labute approximate surface area is 230 Å². The molecule has 0 bridgehead atoms. The molecule has 10 nitrogen and oxygen atoms in total. The number of carboxylic acid groups (broad SMARTS) is 1. The van der Waals surface area contributed by atoms with Gasteiger partial charge < -0.3 is 15.3 Å². The number of benzene rings is 2. The zero-order valence-electron chi connectivity index (χ0n) is 20.9. The number of nitrogens with one attached hydrogen (secondary N) is 1. The Kier molecular flexibility index (Phi) is 8.12. The van der Waals surface area contributed by atoms with Gasteiger partial charge in [0.25, 0.3) is 10.0 Å². The van der Waals surface area contributed by atoms with Crippen LogP contribution in [0.5, 0.6) is 0 Å². The van der Waals surface area contributed by atoms with E-state index < -0.39 is 22.5 Å². The number of sulfonamides is 1. The number of aryl methyl sites for hydroxylation is 1. The van der Waals surface area contributed by atoms with E-state index in [0.717, 1.165) is 28.6 Å².